The summed E-state index contributed by atoms with van der Waals surface area (Å²) in [6.45, 7) is 3.26. The molecule has 104 valence electrons. The Balaban J connectivity index is 1.74. The molecule has 3 rings (SSSR count). The van der Waals surface area contributed by atoms with Crippen LogP contribution in [0.2, 0.25) is 0 Å². The monoisotopic (exact) mass is 271 g/mol. The minimum absolute atomic E-state index is 0.0192. The summed E-state index contributed by atoms with van der Waals surface area (Å²) < 4.78 is 0. The van der Waals surface area contributed by atoms with Crippen molar-refractivity contribution >= 4 is 11.6 Å². The zero-order chi connectivity index (χ0) is 14.1. The number of nitrogens with zero attached hydrogens (tertiary/aromatic N) is 3. The van der Waals surface area contributed by atoms with Crippen molar-refractivity contribution in [2.24, 2.45) is 0 Å². The lowest BCUT2D eigenvalue weighted by Crippen LogP contribution is -2.29. The van der Waals surface area contributed by atoms with Crippen LogP contribution < -0.4 is 5.73 Å². The van der Waals surface area contributed by atoms with Crippen molar-refractivity contribution in [2.45, 2.75) is 19.3 Å². The van der Waals surface area contributed by atoms with E-state index in [2.05, 4.69) is 15.2 Å². The van der Waals surface area contributed by atoms with E-state index in [-0.39, 0.29) is 11.8 Å². The largest absolute Gasteiger partial charge is 0.396 e. The Morgan fingerprint density at radius 3 is 3.05 bits per heavy atom. The molecule has 0 spiro atoms. The van der Waals surface area contributed by atoms with Gasteiger partial charge in [-0.3, -0.25) is 9.89 Å². The number of nitrogens with one attached hydrogen (secondary N) is 1. The topological polar surface area (TPSA) is 87.9 Å². The molecule has 1 aliphatic heterocycles. The number of rotatable bonds is 2. The van der Waals surface area contributed by atoms with Gasteiger partial charge in [0.25, 0.3) is 5.91 Å². The number of nitrogen functional groups attached to an aromatic ring is 1. The molecule has 1 saturated heterocycles. The maximum atomic E-state index is 12.4. The number of hydrogen-bond donors (Lipinski definition) is 2. The van der Waals surface area contributed by atoms with E-state index in [0.717, 1.165) is 24.4 Å². The normalized spacial score (nSPS) is 18.4. The van der Waals surface area contributed by atoms with Crippen LogP contribution in [0.1, 0.15) is 34.2 Å². The van der Waals surface area contributed by atoms with Gasteiger partial charge in [0.1, 0.15) is 5.69 Å². The third-order valence-electron chi connectivity index (χ3n) is 3.69. The third-order valence-corrected chi connectivity index (χ3v) is 3.69. The van der Waals surface area contributed by atoms with Gasteiger partial charge in [-0.2, -0.15) is 5.10 Å². The summed E-state index contributed by atoms with van der Waals surface area (Å²) in [5, 5.41) is 6.87. The number of carbonyl (C=O) groups excluding carboxylic acids is 1. The Hall–Kier alpha value is -2.37. The van der Waals surface area contributed by atoms with Gasteiger partial charge in [-0.15, -0.1) is 0 Å². The summed E-state index contributed by atoms with van der Waals surface area (Å²) in [6, 6.07) is 5.50. The van der Waals surface area contributed by atoms with Crippen LogP contribution in [0.5, 0.6) is 0 Å². The Kier molecular flexibility index (Phi) is 3.14. The summed E-state index contributed by atoms with van der Waals surface area (Å²) in [5.41, 5.74) is 8.81. The third kappa shape index (κ3) is 2.24. The second kappa shape index (κ2) is 4.96. The molecule has 0 aromatic carbocycles. The number of amides is 1. The van der Waals surface area contributed by atoms with E-state index in [9.17, 15) is 4.79 Å². The first-order valence-corrected chi connectivity index (χ1v) is 6.67. The highest BCUT2D eigenvalue weighted by atomic mass is 16.2. The van der Waals surface area contributed by atoms with E-state index in [1.807, 2.05) is 24.0 Å². The van der Waals surface area contributed by atoms with E-state index >= 15 is 0 Å². The highest BCUT2D eigenvalue weighted by Crippen LogP contribution is 2.29. The van der Waals surface area contributed by atoms with Gasteiger partial charge >= 0.3 is 0 Å². The van der Waals surface area contributed by atoms with Gasteiger partial charge in [0, 0.05) is 24.7 Å². The molecule has 6 heteroatoms. The van der Waals surface area contributed by atoms with E-state index < -0.39 is 0 Å². The lowest BCUT2D eigenvalue weighted by atomic mass is 10.0. The van der Waals surface area contributed by atoms with Crippen LogP contribution in [-0.4, -0.2) is 39.1 Å². The van der Waals surface area contributed by atoms with E-state index in [1.165, 1.54) is 0 Å². The number of anilines is 1. The van der Waals surface area contributed by atoms with Crippen LogP contribution in [0.25, 0.3) is 0 Å². The number of H-pyrrole nitrogens is 1. The Morgan fingerprint density at radius 2 is 2.35 bits per heavy atom. The lowest BCUT2D eigenvalue weighted by Gasteiger charge is -2.16. The number of likely N-dealkylation sites (tertiary alicyclic amines) is 1. The predicted octanol–water partition coefficient (Wildman–Crippen LogP) is 1.33. The molecule has 0 radical (unpaired) electrons. The molecular weight excluding hydrogens is 254 g/mol. The van der Waals surface area contributed by atoms with Crippen molar-refractivity contribution in [3.05, 3.63) is 41.5 Å². The van der Waals surface area contributed by atoms with Crippen LogP contribution in [0.15, 0.2) is 24.4 Å². The van der Waals surface area contributed by atoms with Gasteiger partial charge < -0.3 is 10.6 Å². The number of aryl methyl sites for hydroxylation is 1. The van der Waals surface area contributed by atoms with Crippen molar-refractivity contribution in [3.63, 3.8) is 0 Å². The summed E-state index contributed by atoms with van der Waals surface area (Å²) in [4.78, 5) is 18.5. The maximum absolute atomic E-state index is 12.4. The Bertz CT molecular complexity index is 636. The zero-order valence-corrected chi connectivity index (χ0v) is 11.3. The molecule has 1 unspecified atom stereocenters. The fourth-order valence-corrected chi connectivity index (χ4v) is 2.64. The second-order valence-electron chi connectivity index (χ2n) is 5.14. The fourth-order valence-electron chi connectivity index (χ4n) is 2.64. The second-order valence-corrected chi connectivity index (χ2v) is 5.14. The molecule has 0 saturated carbocycles. The van der Waals surface area contributed by atoms with Crippen LogP contribution >= 0.6 is 0 Å². The zero-order valence-electron chi connectivity index (χ0n) is 11.3. The molecule has 3 N–H and O–H groups in total. The fraction of sp³-hybridized carbons (Fsp3) is 0.357. The van der Waals surface area contributed by atoms with Crippen LogP contribution in [0, 0.1) is 6.92 Å². The SMILES string of the molecule is Cc1cccc(C(=O)N2CCC(c3[nH]ncc3N)C2)n1. The van der Waals surface area contributed by atoms with Crippen LogP contribution in [-0.2, 0) is 0 Å². The molecule has 6 nitrogen and oxygen atoms in total. The first-order valence-electron chi connectivity index (χ1n) is 6.67. The molecule has 2 aromatic heterocycles. The average molecular weight is 271 g/mol. The number of aromatic nitrogens is 3. The van der Waals surface area contributed by atoms with Gasteiger partial charge in [-0.1, -0.05) is 6.07 Å². The molecule has 1 amide bonds. The van der Waals surface area contributed by atoms with Crippen molar-refractivity contribution in [3.8, 4) is 0 Å². The van der Waals surface area contributed by atoms with Crippen LogP contribution in [0.4, 0.5) is 5.69 Å². The smallest absolute Gasteiger partial charge is 0.272 e. The van der Waals surface area contributed by atoms with Crippen LogP contribution in [0.3, 0.4) is 0 Å². The number of hydrogen-bond acceptors (Lipinski definition) is 4. The van der Waals surface area contributed by atoms with Crippen molar-refractivity contribution in [2.75, 3.05) is 18.8 Å². The van der Waals surface area contributed by atoms with Crippen molar-refractivity contribution < 1.29 is 4.79 Å². The first-order chi connectivity index (χ1) is 9.65. The summed E-state index contributed by atoms with van der Waals surface area (Å²) in [5.74, 6) is 0.209. The van der Waals surface area contributed by atoms with Gasteiger partial charge in [0.05, 0.1) is 17.6 Å². The maximum Gasteiger partial charge on any atom is 0.272 e. The first kappa shape index (κ1) is 12.7. The number of pyridine rings is 1. The molecule has 0 aliphatic carbocycles. The molecule has 0 bridgehead atoms. The highest BCUT2D eigenvalue weighted by Gasteiger charge is 2.30. The van der Waals surface area contributed by atoms with Crippen molar-refractivity contribution in [1.29, 1.82) is 0 Å². The molecule has 1 aliphatic rings. The van der Waals surface area contributed by atoms with Crippen molar-refractivity contribution in [1.82, 2.24) is 20.1 Å². The average Bonchev–Trinajstić information content (AvgIpc) is 3.06. The Morgan fingerprint density at radius 1 is 1.50 bits per heavy atom. The number of nitrogens with two attached hydrogens (primary N) is 1. The Labute approximate surface area is 117 Å². The summed E-state index contributed by atoms with van der Waals surface area (Å²) in [7, 11) is 0. The van der Waals surface area contributed by atoms with Gasteiger partial charge in [-0.05, 0) is 25.5 Å². The van der Waals surface area contributed by atoms with Gasteiger partial charge in [0.15, 0.2) is 0 Å². The quantitative estimate of drug-likeness (QED) is 0.862. The minimum atomic E-state index is -0.0192. The van der Waals surface area contributed by atoms with E-state index in [0.29, 0.717) is 17.9 Å². The van der Waals surface area contributed by atoms with E-state index in [1.54, 1.807) is 12.3 Å². The molecule has 1 fully saturated rings. The number of carbonyl (C=O) groups is 1. The van der Waals surface area contributed by atoms with Gasteiger partial charge in [0.2, 0.25) is 0 Å². The van der Waals surface area contributed by atoms with E-state index in [4.69, 9.17) is 5.73 Å². The molecule has 1 atom stereocenters. The molecule has 3 heterocycles. The molecule has 20 heavy (non-hydrogen) atoms. The number of aromatic amines is 1. The molecule has 2 aromatic rings. The minimum Gasteiger partial charge on any atom is -0.396 e. The molecular formula is C14H17N5O. The summed E-state index contributed by atoms with van der Waals surface area (Å²) >= 11 is 0. The lowest BCUT2D eigenvalue weighted by molar-refractivity contribution is 0.0784. The predicted molar refractivity (Wildman–Crippen MR) is 75.2 cm³/mol. The van der Waals surface area contributed by atoms with Gasteiger partial charge in [-0.25, -0.2) is 4.98 Å². The standard InChI is InChI=1S/C14H17N5O/c1-9-3-2-4-12(17-9)14(20)19-6-5-10(8-19)13-11(15)7-16-18-13/h2-4,7,10H,5-6,8,15H2,1H3,(H,16,18). The summed E-state index contributed by atoms with van der Waals surface area (Å²) in [6.07, 6.45) is 2.51. The highest BCUT2D eigenvalue weighted by molar-refractivity contribution is 5.92.